The van der Waals surface area contributed by atoms with Crippen LogP contribution in [0.3, 0.4) is 0 Å². The van der Waals surface area contributed by atoms with E-state index in [-0.39, 0.29) is 23.3 Å². The molecule has 1 aromatic rings. The van der Waals surface area contributed by atoms with Crippen molar-refractivity contribution in [2.45, 2.75) is 19.5 Å². The molecular formula is C11H17N3O4S. The molecule has 1 amide bonds. The number of furan rings is 1. The Morgan fingerprint density at radius 2 is 2.37 bits per heavy atom. The number of nitrogens with two attached hydrogens (primary N) is 1. The van der Waals surface area contributed by atoms with E-state index in [1.165, 1.54) is 6.26 Å². The standard InChI is InChI=1S/C11H17N3O4S/c1-8-7-19(16,17)5-3-14(8)6-9-2-4-18-10(9)11(15)13-12/h2,4,8H,3,5-7,12H2,1H3,(H,13,15). The lowest BCUT2D eigenvalue weighted by Crippen LogP contribution is -2.46. The number of hydrogen-bond acceptors (Lipinski definition) is 6. The van der Waals surface area contributed by atoms with Crippen molar-refractivity contribution >= 4 is 15.7 Å². The molecule has 2 rings (SSSR count). The number of carbonyl (C=O) groups is 1. The van der Waals surface area contributed by atoms with Crippen LogP contribution >= 0.6 is 0 Å². The molecule has 1 aliphatic heterocycles. The van der Waals surface area contributed by atoms with Gasteiger partial charge in [0.05, 0.1) is 17.8 Å². The van der Waals surface area contributed by atoms with E-state index in [1.807, 2.05) is 17.2 Å². The summed E-state index contributed by atoms with van der Waals surface area (Å²) in [5.41, 5.74) is 2.73. The van der Waals surface area contributed by atoms with E-state index in [0.717, 1.165) is 0 Å². The maximum atomic E-state index is 11.5. The molecule has 0 saturated carbocycles. The van der Waals surface area contributed by atoms with Crippen molar-refractivity contribution in [2.24, 2.45) is 5.84 Å². The van der Waals surface area contributed by atoms with Gasteiger partial charge in [0.15, 0.2) is 15.6 Å². The number of amides is 1. The molecule has 1 atom stereocenters. The molecule has 106 valence electrons. The van der Waals surface area contributed by atoms with Crippen LogP contribution in [0.4, 0.5) is 0 Å². The van der Waals surface area contributed by atoms with Crippen LogP contribution in [0.2, 0.25) is 0 Å². The van der Waals surface area contributed by atoms with Gasteiger partial charge in [-0.1, -0.05) is 0 Å². The molecule has 0 aliphatic carbocycles. The fraction of sp³-hybridized carbons (Fsp3) is 0.545. The van der Waals surface area contributed by atoms with E-state index in [4.69, 9.17) is 10.3 Å². The largest absolute Gasteiger partial charge is 0.459 e. The summed E-state index contributed by atoms with van der Waals surface area (Å²) in [5, 5.41) is 0. The zero-order valence-corrected chi connectivity index (χ0v) is 11.4. The quantitative estimate of drug-likeness (QED) is 0.441. The minimum absolute atomic E-state index is 0.0811. The zero-order chi connectivity index (χ0) is 14.0. The number of carbonyl (C=O) groups excluding carboxylic acids is 1. The van der Waals surface area contributed by atoms with Crippen LogP contribution in [0, 0.1) is 0 Å². The average Bonchev–Trinajstić information content (AvgIpc) is 2.79. The summed E-state index contributed by atoms with van der Waals surface area (Å²) in [6.07, 6.45) is 1.42. The van der Waals surface area contributed by atoms with E-state index in [2.05, 4.69) is 0 Å². The maximum absolute atomic E-state index is 11.5. The minimum atomic E-state index is -2.94. The molecular weight excluding hydrogens is 270 g/mol. The first-order chi connectivity index (χ1) is 8.93. The Morgan fingerprint density at radius 3 is 3.00 bits per heavy atom. The Hall–Kier alpha value is -1.38. The molecule has 3 N–H and O–H groups in total. The van der Waals surface area contributed by atoms with Gasteiger partial charge in [-0.3, -0.25) is 15.1 Å². The molecule has 0 radical (unpaired) electrons. The van der Waals surface area contributed by atoms with Gasteiger partial charge in [-0.2, -0.15) is 0 Å². The molecule has 8 heteroatoms. The number of hydrogen-bond donors (Lipinski definition) is 2. The SMILES string of the molecule is CC1CS(=O)(=O)CCN1Cc1ccoc1C(=O)NN. The van der Waals surface area contributed by atoms with Gasteiger partial charge >= 0.3 is 5.91 Å². The fourth-order valence-electron chi connectivity index (χ4n) is 2.21. The molecule has 19 heavy (non-hydrogen) atoms. The van der Waals surface area contributed by atoms with Gasteiger partial charge in [0.2, 0.25) is 0 Å². The lowest BCUT2D eigenvalue weighted by atomic mass is 10.2. The summed E-state index contributed by atoms with van der Waals surface area (Å²) >= 11 is 0. The molecule has 1 aromatic heterocycles. The van der Waals surface area contributed by atoms with Crippen molar-refractivity contribution in [1.29, 1.82) is 0 Å². The molecule has 0 aromatic carbocycles. The molecule has 0 spiro atoms. The van der Waals surface area contributed by atoms with E-state index in [1.54, 1.807) is 6.07 Å². The Balaban J connectivity index is 2.10. The summed E-state index contributed by atoms with van der Waals surface area (Å²) in [4.78, 5) is 13.5. The van der Waals surface area contributed by atoms with Gasteiger partial charge in [-0.05, 0) is 13.0 Å². The van der Waals surface area contributed by atoms with Crippen molar-refractivity contribution in [3.63, 3.8) is 0 Å². The smallest absolute Gasteiger partial charge is 0.301 e. The highest BCUT2D eigenvalue weighted by atomic mass is 32.2. The van der Waals surface area contributed by atoms with Crippen LogP contribution in [0.15, 0.2) is 16.7 Å². The van der Waals surface area contributed by atoms with Crippen molar-refractivity contribution in [2.75, 3.05) is 18.1 Å². The fourth-order valence-corrected chi connectivity index (χ4v) is 3.84. The van der Waals surface area contributed by atoms with Crippen molar-refractivity contribution < 1.29 is 17.6 Å². The minimum Gasteiger partial charge on any atom is -0.459 e. The number of nitrogens with zero attached hydrogens (tertiary/aromatic N) is 1. The summed E-state index contributed by atoms with van der Waals surface area (Å²) in [6.45, 7) is 2.79. The summed E-state index contributed by atoms with van der Waals surface area (Å²) in [6, 6.07) is 1.61. The van der Waals surface area contributed by atoms with Gasteiger partial charge in [0, 0.05) is 24.7 Å². The monoisotopic (exact) mass is 287 g/mol. The number of nitrogens with one attached hydrogen (secondary N) is 1. The Bertz CT molecular complexity index is 566. The summed E-state index contributed by atoms with van der Waals surface area (Å²) in [7, 11) is -2.94. The Morgan fingerprint density at radius 1 is 1.63 bits per heavy atom. The van der Waals surface area contributed by atoms with Crippen molar-refractivity contribution in [3.05, 3.63) is 23.7 Å². The number of nitrogen functional groups attached to an aromatic ring is 1. The number of hydrazine groups is 1. The second-order valence-corrected chi connectivity index (χ2v) is 6.91. The van der Waals surface area contributed by atoms with Crippen molar-refractivity contribution in [1.82, 2.24) is 10.3 Å². The average molecular weight is 287 g/mol. The highest BCUT2D eigenvalue weighted by Gasteiger charge is 2.29. The van der Waals surface area contributed by atoms with Crippen LogP contribution < -0.4 is 11.3 Å². The molecule has 1 unspecified atom stereocenters. The van der Waals surface area contributed by atoms with Gasteiger partial charge in [-0.15, -0.1) is 0 Å². The topological polar surface area (TPSA) is 106 Å². The summed E-state index contributed by atoms with van der Waals surface area (Å²) < 4.78 is 28.1. The zero-order valence-electron chi connectivity index (χ0n) is 10.6. The molecule has 0 bridgehead atoms. The van der Waals surface area contributed by atoms with Gasteiger partial charge in [0.25, 0.3) is 0 Å². The van der Waals surface area contributed by atoms with Crippen LogP contribution in [-0.4, -0.2) is 43.3 Å². The third kappa shape index (κ3) is 3.14. The maximum Gasteiger partial charge on any atom is 0.301 e. The molecule has 7 nitrogen and oxygen atoms in total. The van der Waals surface area contributed by atoms with Crippen LogP contribution in [0.5, 0.6) is 0 Å². The number of rotatable bonds is 3. The third-order valence-electron chi connectivity index (χ3n) is 3.27. The molecule has 1 saturated heterocycles. The van der Waals surface area contributed by atoms with Crippen LogP contribution in [-0.2, 0) is 16.4 Å². The normalized spacial score (nSPS) is 23.2. The lowest BCUT2D eigenvalue weighted by molar-refractivity contribution is 0.0922. The summed E-state index contributed by atoms with van der Waals surface area (Å²) in [5.74, 6) is 5.05. The van der Waals surface area contributed by atoms with Crippen LogP contribution in [0.25, 0.3) is 0 Å². The Labute approximate surface area is 111 Å². The predicted molar refractivity (Wildman–Crippen MR) is 68.9 cm³/mol. The predicted octanol–water partition coefficient (Wildman–Crippen LogP) is -0.498. The first-order valence-electron chi connectivity index (χ1n) is 5.95. The van der Waals surface area contributed by atoms with E-state index < -0.39 is 15.7 Å². The van der Waals surface area contributed by atoms with Gasteiger partial charge in [0.1, 0.15) is 0 Å². The second-order valence-electron chi connectivity index (χ2n) is 4.68. The number of sulfone groups is 1. The van der Waals surface area contributed by atoms with E-state index >= 15 is 0 Å². The van der Waals surface area contributed by atoms with E-state index in [0.29, 0.717) is 18.7 Å². The lowest BCUT2D eigenvalue weighted by Gasteiger charge is -2.32. The molecule has 1 aliphatic rings. The highest BCUT2D eigenvalue weighted by molar-refractivity contribution is 7.91. The molecule has 2 heterocycles. The molecule has 1 fully saturated rings. The van der Waals surface area contributed by atoms with E-state index in [9.17, 15) is 13.2 Å². The Kier molecular flexibility index (Phi) is 3.93. The van der Waals surface area contributed by atoms with Gasteiger partial charge in [-0.25, -0.2) is 14.3 Å². The van der Waals surface area contributed by atoms with Crippen LogP contribution in [0.1, 0.15) is 23.0 Å². The first kappa shape index (κ1) is 14.0. The van der Waals surface area contributed by atoms with Crippen molar-refractivity contribution in [3.8, 4) is 0 Å². The van der Waals surface area contributed by atoms with Gasteiger partial charge < -0.3 is 4.42 Å². The first-order valence-corrected chi connectivity index (χ1v) is 7.77. The second kappa shape index (κ2) is 5.32. The highest BCUT2D eigenvalue weighted by Crippen LogP contribution is 2.18. The third-order valence-corrected chi connectivity index (χ3v) is 5.06.